The minimum atomic E-state index is -3.55. The van der Waals surface area contributed by atoms with Crippen LogP contribution >= 0.6 is 11.3 Å². The Labute approximate surface area is 179 Å². The molecule has 1 aromatic heterocycles. The van der Waals surface area contributed by atoms with E-state index in [2.05, 4.69) is 9.88 Å². The average molecular weight is 446 g/mol. The molecule has 1 fully saturated rings. The van der Waals surface area contributed by atoms with Gasteiger partial charge in [0, 0.05) is 32.4 Å². The SMILES string of the molecule is CS(=O)(=O)c1ccccc1C(=O)N(CCN1CCOCC1)c1nc2ccccc2s1. The molecular weight excluding hydrogens is 422 g/mol. The van der Waals surface area contributed by atoms with Crippen molar-refractivity contribution in [3.05, 3.63) is 54.1 Å². The number of carbonyl (C=O) groups excluding carboxylic acids is 1. The van der Waals surface area contributed by atoms with Gasteiger partial charge in [0.2, 0.25) is 0 Å². The Balaban J connectivity index is 1.70. The maximum Gasteiger partial charge on any atom is 0.261 e. The van der Waals surface area contributed by atoms with E-state index in [0.717, 1.165) is 29.6 Å². The molecule has 4 rings (SSSR count). The number of anilines is 1. The molecule has 3 aromatic rings. The van der Waals surface area contributed by atoms with Crippen molar-refractivity contribution in [1.82, 2.24) is 9.88 Å². The molecule has 2 aromatic carbocycles. The molecule has 2 heterocycles. The molecule has 0 radical (unpaired) electrons. The Kier molecular flexibility index (Phi) is 6.14. The molecule has 1 aliphatic heterocycles. The number of nitrogens with zero attached hydrogens (tertiary/aromatic N) is 3. The standard InChI is InChI=1S/C21H23N3O4S2/c1-30(26,27)19-9-5-2-6-16(19)20(25)24(11-10-23-12-14-28-15-13-23)21-22-17-7-3-4-8-18(17)29-21/h2-9H,10-15H2,1H3. The monoisotopic (exact) mass is 445 g/mol. The van der Waals surface area contributed by atoms with Gasteiger partial charge in [0.1, 0.15) is 0 Å². The number of benzene rings is 2. The molecule has 158 valence electrons. The number of fused-ring (bicyclic) bond motifs is 1. The maximum absolute atomic E-state index is 13.5. The quantitative estimate of drug-likeness (QED) is 0.580. The normalized spacial score (nSPS) is 15.4. The van der Waals surface area contributed by atoms with Crippen LogP contribution in [-0.4, -0.2) is 69.9 Å². The summed E-state index contributed by atoms with van der Waals surface area (Å²) in [6.07, 6.45) is 1.12. The maximum atomic E-state index is 13.5. The van der Waals surface area contributed by atoms with Crippen LogP contribution in [0.1, 0.15) is 10.4 Å². The molecule has 9 heteroatoms. The predicted octanol–water partition coefficient (Wildman–Crippen LogP) is 2.68. The first-order valence-electron chi connectivity index (χ1n) is 9.70. The highest BCUT2D eigenvalue weighted by atomic mass is 32.2. The van der Waals surface area contributed by atoms with E-state index < -0.39 is 9.84 Å². The number of sulfone groups is 1. The van der Waals surface area contributed by atoms with Gasteiger partial charge in [-0.15, -0.1) is 0 Å². The lowest BCUT2D eigenvalue weighted by atomic mass is 10.2. The summed E-state index contributed by atoms with van der Waals surface area (Å²) in [4.78, 5) is 22.1. The molecule has 0 unspecified atom stereocenters. The van der Waals surface area contributed by atoms with Gasteiger partial charge in [-0.25, -0.2) is 13.4 Å². The minimum Gasteiger partial charge on any atom is -0.379 e. The lowest BCUT2D eigenvalue weighted by Gasteiger charge is -2.29. The topological polar surface area (TPSA) is 79.8 Å². The van der Waals surface area contributed by atoms with Gasteiger partial charge >= 0.3 is 0 Å². The summed E-state index contributed by atoms with van der Waals surface area (Å²) in [5.41, 5.74) is 0.985. The van der Waals surface area contributed by atoms with E-state index in [-0.39, 0.29) is 16.4 Å². The fourth-order valence-electron chi connectivity index (χ4n) is 3.44. The van der Waals surface area contributed by atoms with Crippen molar-refractivity contribution < 1.29 is 17.9 Å². The number of carbonyl (C=O) groups is 1. The van der Waals surface area contributed by atoms with Crippen LogP contribution in [0, 0.1) is 0 Å². The molecule has 1 aliphatic rings. The zero-order valence-corrected chi connectivity index (χ0v) is 18.3. The number of morpholine rings is 1. The number of hydrogen-bond acceptors (Lipinski definition) is 7. The van der Waals surface area contributed by atoms with E-state index in [0.29, 0.717) is 31.4 Å². The van der Waals surface area contributed by atoms with Crippen LogP contribution in [0.3, 0.4) is 0 Å². The first-order chi connectivity index (χ1) is 14.4. The molecule has 0 aliphatic carbocycles. The number of rotatable bonds is 6. The van der Waals surface area contributed by atoms with Crippen molar-refractivity contribution in [2.75, 3.05) is 50.5 Å². The van der Waals surface area contributed by atoms with Crippen LogP contribution in [0.4, 0.5) is 5.13 Å². The van der Waals surface area contributed by atoms with E-state index in [1.165, 1.54) is 17.4 Å². The summed E-state index contributed by atoms with van der Waals surface area (Å²) >= 11 is 1.43. The highest BCUT2D eigenvalue weighted by Crippen LogP contribution is 2.30. The van der Waals surface area contributed by atoms with E-state index in [9.17, 15) is 13.2 Å². The summed E-state index contributed by atoms with van der Waals surface area (Å²) in [6.45, 7) is 4.03. The fraction of sp³-hybridized carbons (Fsp3) is 0.333. The summed E-state index contributed by atoms with van der Waals surface area (Å²) in [5, 5.41) is 0.567. The van der Waals surface area contributed by atoms with Crippen LogP contribution in [0.15, 0.2) is 53.4 Å². The van der Waals surface area contributed by atoms with Crippen LogP contribution in [0.5, 0.6) is 0 Å². The zero-order chi connectivity index (χ0) is 21.1. The second-order valence-electron chi connectivity index (χ2n) is 7.14. The van der Waals surface area contributed by atoms with Crippen LogP contribution in [-0.2, 0) is 14.6 Å². The lowest BCUT2D eigenvalue weighted by Crippen LogP contribution is -2.43. The van der Waals surface area contributed by atoms with E-state index in [1.807, 2.05) is 24.3 Å². The molecule has 30 heavy (non-hydrogen) atoms. The van der Waals surface area contributed by atoms with Crippen molar-refractivity contribution in [2.45, 2.75) is 4.90 Å². The number of hydrogen-bond donors (Lipinski definition) is 0. The second kappa shape index (κ2) is 8.81. The highest BCUT2D eigenvalue weighted by Gasteiger charge is 2.26. The molecular formula is C21H23N3O4S2. The molecule has 0 N–H and O–H groups in total. The number of thiazole rings is 1. The Bertz CT molecular complexity index is 1120. The first-order valence-corrected chi connectivity index (χ1v) is 12.4. The summed E-state index contributed by atoms with van der Waals surface area (Å²) in [5.74, 6) is -0.358. The van der Waals surface area contributed by atoms with Crippen molar-refractivity contribution in [1.29, 1.82) is 0 Å². The lowest BCUT2D eigenvalue weighted by molar-refractivity contribution is 0.0391. The van der Waals surface area contributed by atoms with E-state index in [1.54, 1.807) is 23.1 Å². The predicted molar refractivity (Wildman–Crippen MR) is 118 cm³/mol. The van der Waals surface area contributed by atoms with E-state index in [4.69, 9.17) is 4.74 Å². The van der Waals surface area contributed by atoms with Crippen LogP contribution in [0.25, 0.3) is 10.2 Å². The average Bonchev–Trinajstić information content (AvgIpc) is 3.18. The van der Waals surface area contributed by atoms with Crippen molar-refractivity contribution in [3.63, 3.8) is 0 Å². The molecule has 0 spiro atoms. The van der Waals surface area contributed by atoms with Gasteiger partial charge in [0.05, 0.1) is 33.9 Å². The van der Waals surface area contributed by atoms with Crippen LogP contribution < -0.4 is 4.90 Å². The fourth-order valence-corrected chi connectivity index (χ4v) is 5.31. The van der Waals surface area contributed by atoms with Gasteiger partial charge < -0.3 is 4.74 Å². The number of para-hydroxylation sites is 1. The van der Waals surface area contributed by atoms with Gasteiger partial charge in [-0.05, 0) is 24.3 Å². The zero-order valence-electron chi connectivity index (χ0n) is 16.7. The smallest absolute Gasteiger partial charge is 0.261 e. The molecule has 0 bridgehead atoms. The summed E-state index contributed by atoms with van der Waals surface area (Å²) in [6, 6.07) is 14.1. The highest BCUT2D eigenvalue weighted by molar-refractivity contribution is 7.90. The summed E-state index contributed by atoms with van der Waals surface area (Å²) in [7, 11) is -3.55. The Morgan fingerprint density at radius 1 is 1.13 bits per heavy atom. The summed E-state index contributed by atoms with van der Waals surface area (Å²) < 4.78 is 30.9. The number of aromatic nitrogens is 1. The third kappa shape index (κ3) is 4.54. The van der Waals surface area contributed by atoms with Gasteiger partial charge in [0.25, 0.3) is 5.91 Å². The molecule has 1 amide bonds. The molecule has 7 nitrogen and oxygen atoms in total. The number of ether oxygens (including phenoxy) is 1. The van der Waals surface area contributed by atoms with Crippen LogP contribution in [0.2, 0.25) is 0 Å². The van der Waals surface area contributed by atoms with E-state index >= 15 is 0 Å². The van der Waals surface area contributed by atoms with Crippen molar-refractivity contribution in [2.24, 2.45) is 0 Å². The number of amides is 1. The molecule has 1 saturated heterocycles. The first kappa shape index (κ1) is 20.9. The van der Waals surface area contributed by atoms with Gasteiger partial charge in [-0.3, -0.25) is 14.6 Å². The molecule has 0 atom stereocenters. The minimum absolute atomic E-state index is 0.0347. The van der Waals surface area contributed by atoms with Gasteiger partial charge in [0.15, 0.2) is 15.0 Å². The third-order valence-electron chi connectivity index (χ3n) is 5.02. The van der Waals surface area contributed by atoms with Crippen molar-refractivity contribution >= 4 is 42.4 Å². The second-order valence-corrected chi connectivity index (χ2v) is 10.1. The molecule has 0 saturated carbocycles. The Hall–Kier alpha value is -2.33. The largest absolute Gasteiger partial charge is 0.379 e. The Morgan fingerprint density at radius 3 is 2.57 bits per heavy atom. The third-order valence-corrected chi connectivity index (χ3v) is 7.23. The van der Waals surface area contributed by atoms with Gasteiger partial charge in [-0.2, -0.15) is 0 Å². The van der Waals surface area contributed by atoms with Gasteiger partial charge in [-0.1, -0.05) is 35.6 Å². The van der Waals surface area contributed by atoms with Crippen molar-refractivity contribution in [3.8, 4) is 0 Å². The Morgan fingerprint density at radius 2 is 1.83 bits per heavy atom.